The maximum absolute atomic E-state index is 12.6. The molecule has 1 aromatic heterocycles. The average molecular weight is 303 g/mol. The van der Waals surface area contributed by atoms with E-state index in [1.807, 2.05) is 36.6 Å². The number of piperidine rings is 1. The van der Waals surface area contributed by atoms with Gasteiger partial charge >= 0.3 is 5.97 Å². The van der Waals surface area contributed by atoms with Gasteiger partial charge in [-0.25, -0.2) is 0 Å². The fourth-order valence-corrected chi connectivity index (χ4v) is 3.75. The summed E-state index contributed by atoms with van der Waals surface area (Å²) in [5.74, 6) is -1.11. The van der Waals surface area contributed by atoms with Crippen molar-refractivity contribution in [3.63, 3.8) is 0 Å². The molecule has 1 aromatic carbocycles. The van der Waals surface area contributed by atoms with Gasteiger partial charge in [0.2, 0.25) is 0 Å². The molecule has 2 atom stereocenters. The Morgan fingerprint density at radius 2 is 2.14 bits per heavy atom. The summed E-state index contributed by atoms with van der Waals surface area (Å²) in [6, 6.07) is 7.76. The van der Waals surface area contributed by atoms with E-state index in [9.17, 15) is 9.59 Å². The predicted molar refractivity (Wildman–Crippen MR) is 82.6 cm³/mol. The minimum absolute atomic E-state index is 0.00112. The molecule has 2 unspecified atom stereocenters. The number of hydrogen-bond donors (Lipinski definition) is 1. The molecule has 0 bridgehead atoms. The van der Waals surface area contributed by atoms with E-state index in [0.29, 0.717) is 25.1 Å². The summed E-state index contributed by atoms with van der Waals surface area (Å²) in [5.41, 5.74) is 0.682. The number of amides is 1. The maximum atomic E-state index is 12.6. The standard InChI is InChI=1S/C16H17NO3S/c1-10-9-17(6-4-13(10)16(19)20)15(18)12-2-3-14-11(8-12)5-7-21-14/h2-3,5,7-8,10,13H,4,6,9H2,1H3,(H,19,20). The van der Waals surface area contributed by atoms with Crippen LogP contribution in [0.3, 0.4) is 0 Å². The molecule has 1 aliphatic heterocycles. The van der Waals surface area contributed by atoms with Crippen molar-refractivity contribution in [2.45, 2.75) is 13.3 Å². The Kier molecular flexibility index (Phi) is 3.68. The number of carboxylic acid groups (broad SMARTS) is 1. The molecule has 3 rings (SSSR count). The van der Waals surface area contributed by atoms with Gasteiger partial charge in [0.05, 0.1) is 5.92 Å². The molecular weight excluding hydrogens is 286 g/mol. The van der Waals surface area contributed by atoms with Crippen molar-refractivity contribution in [2.24, 2.45) is 11.8 Å². The number of benzene rings is 1. The van der Waals surface area contributed by atoms with Crippen molar-refractivity contribution in [3.05, 3.63) is 35.2 Å². The summed E-state index contributed by atoms with van der Waals surface area (Å²) in [6.45, 7) is 2.93. The number of hydrogen-bond acceptors (Lipinski definition) is 3. The molecule has 1 fully saturated rings. The van der Waals surface area contributed by atoms with E-state index in [4.69, 9.17) is 5.11 Å². The van der Waals surface area contributed by atoms with Crippen LogP contribution in [-0.2, 0) is 4.79 Å². The Hall–Kier alpha value is -1.88. The zero-order chi connectivity index (χ0) is 15.0. The molecule has 1 amide bonds. The highest BCUT2D eigenvalue weighted by molar-refractivity contribution is 7.17. The molecule has 0 radical (unpaired) electrons. The van der Waals surface area contributed by atoms with Crippen LogP contribution in [-0.4, -0.2) is 35.0 Å². The summed E-state index contributed by atoms with van der Waals surface area (Å²) in [4.78, 5) is 25.5. The summed E-state index contributed by atoms with van der Waals surface area (Å²) in [7, 11) is 0. The molecule has 0 aliphatic carbocycles. The topological polar surface area (TPSA) is 57.6 Å². The van der Waals surface area contributed by atoms with E-state index in [1.54, 1.807) is 16.2 Å². The lowest BCUT2D eigenvalue weighted by Crippen LogP contribution is -2.44. The summed E-state index contributed by atoms with van der Waals surface area (Å²) in [6.07, 6.45) is 0.531. The number of likely N-dealkylation sites (tertiary alicyclic amines) is 1. The van der Waals surface area contributed by atoms with Gasteiger partial charge in [-0.15, -0.1) is 11.3 Å². The van der Waals surface area contributed by atoms with Crippen molar-refractivity contribution >= 4 is 33.3 Å². The van der Waals surface area contributed by atoms with E-state index >= 15 is 0 Å². The lowest BCUT2D eigenvalue weighted by Gasteiger charge is -2.35. The minimum atomic E-state index is -0.755. The van der Waals surface area contributed by atoms with E-state index in [0.717, 1.165) is 5.39 Å². The summed E-state index contributed by atoms with van der Waals surface area (Å²) >= 11 is 1.66. The fourth-order valence-electron chi connectivity index (χ4n) is 2.98. The van der Waals surface area contributed by atoms with E-state index < -0.39 is 5.97 Å². The molecule has 1 N–H and O–H groups in total. The third-order valence-electron chi connectivity index (χ3n) is 4.21. The zero-order valence-electron chi connectivity index (χ0n) is 11.8. The number of rotatable bonds is 2. The van der Waals surface area contributed by atoms with Gasteiger partial charge < -0.3 is 10.0 Å². The van der Waals surface area contributed by atoms with Crippen LogP contribution in [0, 0.1) is 11.8 Å². The van der Waals surface area contributed by atoms with Crippen molar-refractivity contribution in [3.8, 4) is 0 Å². The number of aliphatic carboxylic acids is 1. The SMILES string of the molecule is CC1CN(C(=O)c2ccc3sccc3c2)CCC1C(=O)O. The molecule has 2 heterocycles. The van der Waals surface area contributed by atoms with Gasteiger partial charge in [0.15, 0.2) is 0 Å². The molecule has 2 aromatic rings. The van der Waals surface area contributed by atoms with Gasteiger partial charge in [-0.05, 0) is 47.4 Å². The quantitative estimate of drug-likeness (QED) is 0.927. The Balaban J connectivity index is 1.78. The van der Waals surface area contributed by atoms with E-state index in [-0.39, 0.29) is 17.7 Å². The first-order valence-corrected chi connectivity index (χ1v) is 7.93. The average Bonchev–Trinajstić information content (AvgIpc) is 2.93. The number of nitrogens with zero attached hydrogens (tertiary/aromatic N) is 1. The molecule has 0 saturated carbocycles. The first-order valence-electron chi connectivity index (χ1n) is 7.05. The Morgan fingerprint density at radius 1 is 1.33 bits per heavy atom. The summed E-state index contributed by atoms with van der Waals surface area (Å²) < 4.78 is 1.17. The highest BCUT2D eigenvalue weighted by Crippen LogP contribution is 2.26. The van der Waals surface area contributed by atoms with Crippen LogP contribution >= 0.6 is 11.3 Å². The highest BCUT2D eigenvalue weighted by atomic mass is 32.1. The number of carbonyl (C=O) groups is 2. The predicted octanol–water partition coefficient (Wildman–Crippen LogP) is 3.08. The van der Waals surface area contributed by atoms with Gasteiger partial charge in [-0.2, -0.15) is 0 Å². The van der Waals surface area contributed by atoms with Crippen LogP contribution in [0.5, 0.6) is 0 Å². The second kappa shape index (κ2) is 5.48. The molecule has 110 valence electrons. The third-order valence-corrected chi connectivity index (χ3v) is 5.11. The van der Waals surface area contributed by atoms with Crippen LogP contribution in [0.15, 0.2) is 29.6 Å². The largest absolute Gasteiger partial charge is 0.481 e. The van der Waals surface area contributed by atoms with E-state index in [1.165, 1.54) is 4.70 Å². The fraction of sp³-hybridized carbons (Fsp3) is 0.375. The van der Waals surface area contributed by atoms with Gasteiger partial charge in [0.1, 0.15) is 0 Å². The monoisotopic (exact) mass is 303 g/mol. The first-order chi connectivity index (χ1) is 10.1. The molecule has 4 nitrogen and oxygen atoms in total. The first kappa shape index (κ1) is 14.1. The molecule has 21 heavy (non-hydrogen) atoms. The number of carbonyl (C=O) groups excluding carboxylic acids is 1. The van der Waals surface area contributed by atoms with Gasteiger partial charge in [0, 0.05) is 23.4 Å². The Morgan fingerprint density at radius 3 is 2.86 bits per heavy atom. The molecule has 1 saturated heterocycles. The second-order valence-corrected chi connectivity index (χ2v) is 6.58. The van der Waals surface area contributed by atoms with Crippen molar-refractivity contribution in [1.29, 1.82) is 0 Å². The van der Waals surface area contributed by atoms with Gasteiger partial charge in [-0.1, -0.05) is 6.92 Å². The normalized spacial score (nSPS) is 22.4. The zero-order valence-corrected chi connectivity index (χ0v) is 12.6. The van der Waals surface area contributed by atoms with Crippen LogP contribution in [0.25, 0.3) is 10.1 Å². The van der Waals surface area contributed by atoms with Crippen LogP contribution in [0.2, 0.25) is 0 Å². The second-order valence-electron chi connectivity index (χ2n) is 5.64. The third kappa shape index (κ3) is 2.65. The van der Waals surface area contributed by atoms with Crippen LogP contribution in [0.1, 0.15) is 23.7 Å². The molecular formula is C16H17NO3S. The smallest absolute Gasteiger partial charge is 0.306 e. The lowest BCUT2D eigenvalue weighted by atomic mass is 9.87. The highest BCUT2D eigenvalue weighted by Gasteiger charge is 2.33. The van der Waals surface area contributed by atoms with Crippen molar-refractivity contribution in [1.82, 2.24) is 4.90 Å². The number of thiophene rings is 1. The number of fused-ring (bicyclic) bond motifs is 1. The molecule has 5 heteroatoms. The van der Waals surface area contributed by atoms with E-state index in [2.05, 4.69) is 0 Å². The van der Waals surface area contributed by atoms with Crippen LogP contribution in [0.4, 0.5) is 0 Å². The minimum Gasteiger partial charge on any atom is -0.481 e. The van der Waals surface area contributed by atoms with Gasteiger partial charge in [0.25, 0.3) is 5.91 Å². The van der Waals surface area contributed by atoms with Crippen molar-refractivity contribution in [2.75, 3.05) is 13.1 Å². The number of carboxylic acids is 1. The van der Waals surface area contributed by atoms with Crippen LogP contribution < -0.4 is 0 Å². The van der Waals surface area contributed by atoms with Gasteiger partial charge in [-0.3, -0.25) is 9.59 Å². The summed E-state index contributed by atoms with van der Waals surface area (Å²) in [5, 5.41) is 12.2. The molecule has 1 aliphatic rings. The Labute approximate surface area is 127 Å². The lowest BCUT2D eigenvalue weighted by molar-refractivity contribution is -0.145. The Bertz CT molecular complexity index is 694. The molecule has 0 spiro atoms. The maximum Gasteiger partial charge on any atom is 0.306 e. The van der Waals surface area contributed by atoms with Crippen molar-refractivity contribution < 1.29 is 14.7 Å².